The number of ether oxygens (including phenoxy) is 1. The fraction of sp³-hybridized carbons (Fsp3) is 0.318. The minimum Gasteiger partial charge on any atom is -0.476 e. The van der Waals surface area contributed by atoms with Crippen LogP contribution in [0.3, 0.4) is 0 Å². The quantitative estimate of drug-likeness (QED) is 0.332. The zero-order valence-corrected chi connectivity index (χ0v) is 19.1. The van der Waals surface area contributed by atoms with E-state index in [0.29, 0.717) is 12.2 Å². The first-order chi connectivity index (χ1) is 15.7. The van der Waals surface area contributed by atoms with Crippen molar-refractivity contribution in [2.24, 2.45) is 5.41 Å². The summed E-state index contributed by atoms with van der Waals surface area (Å²) < 4.78 is 49.2. The van der Waals surface area contributed by atoms with Crippen molar-refractivity contribution in [3.63, 3.8) is 0 Å². The van der Waals surface area contributed by atoms with Gasteiger partial charge in [-0.3, -0.25) is 9.52 Å². The molecule has 11 heteroatoms. The zero-order chi connectivity index (χ0) is 23.6. The van der Waals surface area contributed by atoms with Gasteiger partial charge in [0.05, 0.1) is 5.56 Å². The van der Waals surface area contributed by atoms with Gasteiger partial charge in [0.15, 0.2) is 5.82 Å². The second-order valence-electron chi connectivity index (χ2n) is 7.83. The molecule has 1 aliphatic carbocycles. The number of hydrogen-bond acceptors (Lipinski definition) is 5. The first-order valence-corrected chi connectivity index (χ1v) is 11.3. The predicted molar refractivity (Wildman–Crippen MR) is 119 cm³/mol. The Hall–Kier alpha value is -2.72. The van der Waals surface area contributed by atoms with Crippen LogP contribution in [0.1, 0.15) is 35.2 Å². The molecule has 0 bridgehead atoms. The standard InChI is InChI=1S/C22H20ClF3N4O2S/c1-14-5-2-3-6-16(14)33-29-20(31)15-7-8-17(27-19(15)23)30-12-9-18(28-30)32-13-21(10-4-11-21)22(24,25)26/h2-3,5-9,12H,4,10-11,13H2,1H3,(H,29,31). The molecule has 0 radical (unpaired) electrons. The van der Waals surface area contributed by atoms with Gasteiger partial charge in [0.25, 0.3) is 5.91 Å². The van der Waals surface area contributed by atoms with Crippen molar-refractivity contribution in [3.8, 4) is 11.7 Å². The van der Waals surface area contributed by atoms with E-state index in [1.165, 1.54) is 35.0 Å². The van der Waals surface area contributed by atoms with E-state index in [-0.39, 0.29) is 29.4 Å². The Kier molecular flexibility index (Phi) is 6.58. The Morgan fingerprint density at radius 3 is 2.64 bits per heavy atom. The number of carbonyl (C=O) groups excluding carboxylic acids is 1. The van der Waals surface area contributed by atoms with E-state index in [2.05, 4.69) is 14.8 Å². The van der Waals surface area contributed by atoms with E-state index in [1.54, 1.807) is 6.07 Å². The molecule has 0 spiro atoms. The topological polar surface area (TPSA) is 69.0 Å². The highest BCUT2D eigenvalue weighted by atomic mass is 35.5. The number of nitrogens with one attached hydrogen (secondary N) is 1. The molecule has 0 atom stereocenters. The van der Waals surface area contributed by atoms with Crippen molar-refractivity contribution in [3.05, 3.63) is 64.9 Å². The van der Waals surface area contributed by atoms with Crippen LogP contribution in [0.15, 0.2) is 53.6 Å². The first kappa shape index (κ1) is 23.4. The van der Waals surface area contributed by atoms with Crippen molar-refractivity contribution in [2.45, 2.75) is 37.3 Å². The Morgan fingerprint density at radius 2 is 2.00 bits per heavy atom. The van der Waals surface area contributed by atoms with Gasteiger partial charge in [0.2, 0.25) is 5.88 Å². The number of hydrogen-bond donors (Lipinski definition) is 1. The van der Waals surface area contributed by atoms with Gasteiger partial charge in [-0.15, -0.1) is 5.10 Å². The number of amides is 1. The molecule has 0 unspecified atom stereocenters. The molecule has 1 N–H and O–H groups in total. The van der Waals surface area contributed by atoms with Crippen LogP contribution in [0.4, 0.5) is 13.2 Å². The molecule has 3 aromatic rings. The van der Waals surface area contributed by atoms with Gasteiger partial charge in [0.1, 0.15) is 17.2 Å². The number of pyridine rings is 1. The van der Waals surface area contributed by atoms with Gasteiger partial charge in [-0.2, -0.15) is 13.2 Å². The first-order valence-electron chi connectivity index (χ1n) is 10.1. The molecule has 1 fully saturated rings. The lowest BCUT2D eigenvalue weighted by Crippen LogP contribution is -2.48. The fourth-order valence-electron chi connectivity index (χ4n) is 3.39. The summed E-state index contributed by atoms with van der Waals surface area (Å²) in [7, 11) is 0. The summed E-state index contributed by atoms with van der Waals surface area (Å²) in [6.45, 7) is 1.47. The molecule has 174 valence electrons. The van der Waals surface area contributed by atoms with E-state index in [9.17, 15) is 18.0 Å². The summed E-state index contributed by atoms with van der Waals surface area (Å²) in [6, 6.07) is 12.1. The summed E-state index contributed by atoms with van der Waals surface area (Å²) >= 11 is 7.39. The van der Waals surface area contributed by atoms with E-state index >= 15 is 0 Å². The summed E-state index contributed by atoms with van der Waals surface area (Å²) in [4.78, 5) is 17.6. The number of alkyl halides is 3. The van der Waals surface area contributed by atoms with Gasteiger partial charge in [-0.25, -0.2) is 9.67 Å². The average molecular weight is 497 g/mol. The predicted octanol–water partition coefficient (Wildman–Crippen LogP) is 5.78. The molecule has 1 aromatic carbocycles. The second kappa shape index (κ2) is 9.26. The van der Waals surface area contributed by atoms with E-state index < -0.39 is 24.1 Å². The molecule has 0 saturated heterocycles. The lowest BCUT2D eigenvalue weighted by Gasteiger charge is -2.42. The summed E-state index contributed by atoms with van der Waals surface area (Å²) in [5.41, 5.74) is -0.594. The number of carbonyl (C=O) groups is 1. The monoisotopic (exact) mass is 496 g/mol. The summed E-state index contributed by atoms with van der Waals surface area (Å²) in [5, 5.41) is 4.10. The number of aromatic nitrogens is 3. The fourth-order valence-corrected chi connectivity index (χ4v) is 4.31. The minimum absolute atomic E-state index is 0.0288. The van der Waals surface area contributed by atoms with Gasteiger partial charge in [-0.1, -0.05) is 36.2 Å². The summed E-state index contributed by atoms with van der Waals surface area (Å²) in [5.74, 6) is -0.0539. The number of nitrogens with zero attached hydrogens (tertiary/aromatic N) is 3. The largest absolute Gasteiger partial charge is 0.476 e. The lowest BCUT2D eigenvalue weighted by molar-refractivity contribution is -0.259. The molecule has 33 heavy (non-hydrogen) atoms. The van der Waals surface area contributed by atoms with Crippen molar-refractivity contribution in [1.29, 1.82) is 0 Å². The van der Waals surface area contributed by atoms with Crippen LogP contribution in [-0.2, 0) is 0 Å². The number of benzene rings is 1. The third kappa shape index (κ3) is 4.96. The third-order valence-electron chi connectivity index (χ3n) is 5.63. The van der Waals surface area contributed by atoms with Crippen LogP contribution in [0.2, 0.25) is 5.15 Å². The maximum absolute atomic E-state index is 13.3. The highest BCUT2D eigenvalue weighted by Gasteiger charge is 2.58. The summed E-state index contributed by atoms with van der Waals surface area (Å²) in [6.07, 6.45) is -2.16. The SMILES string of the molecule is Cc1ccccc1SNC(=O)c1ccc(-n2ccc(OCC3(C(F)(F)F)CCC3)n2)nc1Cl. The van der Waals surface area contributed by atoms with Crippen LogP contribution in [0.5, 0.6) is 5.88 Å². The molecule has 1 saturated carbocycles. The molecule has 0 aliphatic heterocycles. The van der Waals surface area contributed by atoms with Gasteiger partial charge in [-0.05, 0) is 55.5 Å². The molecule has 1 aliphatic rings. The van der Waals surface area contributed by atoms with Gasteiger partial charge >= 0.3 is 6.18 Å². The maximum atomic E-state index is 13.3. The Labute approximate surface area is 197 Å². The third-order valence-corrected chi connectivity index (χ3v) is 6.89. The van der Waals surface area contributed by atoms with E-state index in [1.807, 2.05) is 31.2 Å². The van der Waals surface area contributed by atoms with Crippen molar-refractivity contribution >= 4 is 29.5 Å². The highest BCUT2D eigenvalue weighted by molar-refractivity contribution is 7.98. The van der Waals surface area contributed by atoms with E-state index in [0.717, 1.165) is 10.5 Å². The number of halogens is 4. The highest BCUT2D eigenvalue weighted by Crippen LogP contribution is 2.53. The lowest BCUT2D eigenvalue weighted by atomic mass is 9.69. The van der Waals surface area contributed by atoms with Crippen LogP contribution in [0, 0.1) is 12.3 Å². The zero-order valence-electron chi connectivity index (χ0n) is 17.5. The van der Waals surface area contributed by atoms with Crippen molar-refractivity contribution in [1.82, 2.24) is 19.5 Å². The average Bonchev–Trinajstić information content (AvgIpc) is 3.20. The normalized spacial score (nSPS) is 15.1. The Morgan fingerprint density at radius 1 is 1.24 bits per heavy atom. The van der Waals surface area contributed by atoms with E-state index in [4.69, 9.17) is 16.3 Å². The van der Waals surface area contributed by atoms with Crippen molar-refractivity contribution in [2.75, 3.05) is 6.61 Å². The van der Waals surface area contributed by atoms with Crippen LogP contribution < -0.4 is 9.46 Å². The van der Waals surface area contributed by atoms with Gasteiger partial charge < -0.3 is 4.74 Å². The van der Waals surface area contributed by atoms with Crippen LogP contribution >= 0.6 is 23.5 Å². The number of aryl methyl sites for hydroxylation is 1. The second-order valence-corrected chi connectivity index (χ2v) is 9.03. The minimum atomic E-state index is -4.31. The molecular formula is C22H20ClF3N4O2S. The maximum Gasteiger partial charge on any atom is 0.397 e. The van der Waals surface area contributed by atoms with Crippen LogP contribution in [-0.4, -0.2) is 33.5 Å². The Bertz CT molecular complexity index is 1160. The molecule has 1 amide bonds. The molecule has 6 nitrogen and oxygen atoms in total. The smallest absolute Gasteiger partial charge is 0.397 e. The number of rotatable bonds is 7. The van der Waals surface area contributed by atoms with Gasteiger partial charge in [0, 0.05) is 17.2 Å². The molecule has 2 heterocycles. The molecule has 4 rings (SSSR count). The molecule has 2 aromatic heterocycles. The molecular weight excluding hydrogens is 477 g/mol. The van der Waals surface area contributed by atoms with Crippen LogP contribution in [0.25, 0.3) is 5.82 Å². The van der Waals surface area contributed by atoms with Crippen molar-refractivity contribution < 1.29 is 22.7 Å². The Balaban J connectivity index is 1.40.